The van der Waals surface area contributed by atoms with E-state index in [-0.39, 0.29) is 5.70 Å². The van der Waals surface area contributed by atoms with Gasteiger partial charge in [-0.1, -0.05) is 35.9 Å². The van der Waals surface area contributed by atoms with Crippen molar-refractivity contribution >= 4 is 35.2 Å². The number of amides is 2. The molecule has 0 atom stereocenters. The molecule has 32 heavy (non-hydrogen) atoms. The summed E-state index contributed by atoms with van der Waals surface area (Å²) in [5.74, 6) is 0.229. The van der Waals surface area contributed by atoms with Crippen molar-refractivity contribution in [3.63, 3.8) is 0 Å². The van der Waals surface area contributed by atoms with Crippen LogP contribution in [0.5, 0.6) is 11.5 Å². The summed E-state index contributed by atoms with van der Waals surface area (Å²) < 4.78 is 10.9. The van der Waals surface area contributed by atoms with Gasteiger partial charge in [-0.25, -0.2) is 0 Å². The Bertz CT molecular complexity index is 1110. The summed E-state index contributed by atoms with van der Waals surface area (Å²) in [6.45, 7) is 2.32. The van der Waals surface area contributed by atoms with Crippen molar-refractivity contribution in [2.45, 2.75) is 6.92 Å². The molecule has 3 aromatic rings. The van der Waals surface area contributed by atoms with Crippen LogP contribution in [0.1, 0.15) is 22.8 Å². The summed E-state index contributed by atoms with van der Waals surface area (Å²) in [4.78, 5) is 25.7. The van der Waals surface area contributed by atoms with E-state index in [4.69, 9.17) is 21.1 Å². The Labute approximate surface area is 191 Å². The van der Waals surface area contributed by atoms with E-state index in [0.29, 0.717) is 39.9 Å². The molecule has 0 aromatic heterocycles. The van der Waals surface area contributed by atoms with Gasteiger partial charge in [0.05, 0.1) is 13.7 Å². The number of carbonyl (C=O) groups is 2. The van der Waals surface area contributed by atoms with Crippen molar-refractivity contribution in [1.29, 1.82) is 0 Å². The van der Waals surface area contributed by atoms with E-state index in [1.165, 1.54) is 0 Å². The fourth-order valence-corrected chi connectivity index (χ4v) is 3.02. The number of anilines is 1. The predicted molar refractivity (Wildman–Crippen MR) is 126 cm³/mol. The van der Waals surface area contributed by atoms with Gasteiger partial charge in [-0.05, 0) is 67.1 Å². The maximum atomic E-state index is 13.0. The number of benzene rings is 3. The van der Waals surface area contributed by atoms with Crippen molar-refractivity contribution in [2.24, 2.45) is 0 Å². The monoisotopic (exact) mass is 450 g/mol. The van der Waals surface area contributed by atoms with Gasteiger partial charge in [0.25, 0.3) is 11.8 Å². The van der Waals surface area contributed by atoms with Gasteiger partial charge in [-0.3, -0.25) is 9.59 Å². The third-order valence-corrected chi connectivity index (χ3v) is 4.68. The molecule has 2 amide bonds. The Morgan fingerprint density at radius 3 is 2.34 bits per heavy atom. The zero-order valence-corrected chi connectivity index (χ0v) is 18.5. The van der Waals surface area contributed by atoms with Gasteiger partial charge in [0, 0.05) is 16.3 Å². The van der Waals surface area contributed by atoms with Crippen LogP contribution in [0.15, 0.2) is 78.5 Å². The molecule has 2 N–H and O–H groups in total. The van der Waals surface area contributed by atoms with Crippen LogP contribution >= 0.6 is 11.6 Å². The first-order valence-corrected chi connectivity index (χ1v) is 10.3. The highest BCUT2D eigenvalue weighted by molar-refractivity contribution is 6.30. The van der Waals surface area contributed by atoms with Gasteiger partial charge < -0.3 is 20.1 Å². The van der Waals surface area contributed by atoms with E-state index in [0.717, 1.165) is 0 Å². The molecule has 0 aliphatic rings. The van der Waals surface area contributed by atoms with Gasteiger partial charge >= 0.3 is 0 Å². The molecule has 0 fully saturated rings. The van der Waals surface area contributed by atoms with Crippen molar-refractivity contribution in [2.75, 3.05) is 19.0 Å². The number of methoxy groups -OCH3 is 1. The van der Waals surface area contributed by atoms with Gasteiger partial charge in [0.2, 0.25) is 0 Å². The lowest BCUT2D eigenvalue weighted by atomic mass is 10.1. The van der Waals surface area contributed by atoms with Gasteiger partial charge in [-0.2, -0.15) is 0 Å². The van der Waals surface area contributed by atoms with Gasteiger partial charge in [0.15, 0.2) is 11.5 Å². The van der Waals surface area contributed by atoms with E-state index < -0.39 is 11.8 Å². The van der Waals surface area contributed by atoms with Crippen LogP contribution in [0.2, 0.25) is 5.02 Å². The van der Waals surface area contributed by atoms with Crippen molar-refractivity contribution in [3.05, 3.63) is 94.6 Å². The Morgan fingerprint density at radius 2 is 1.69 bits per heavy atom. The Balaban J connectivity index is 1.93. The molecule has 3 aromatic carbocycles. The molecule has 3 rings (SSSR count). The second kappa shape index (κ2) is 11.0. The van der Waals surface area contributed by atoms with Crippen LogP contribution in [0.4, 0.5) is 5.69 Å². The zero-order valence-electron chi connectivity index (χ0n) is 17.7. The molecular formula is C25H23ClN2O4. The number of hydrogen-bond acceptors (Lipinski definition) is 4. The predicted octanol–water partition coefficient (Wildman–Crippen LogP) is 5.16. The highest BCUT2D eigenvalue weighted by Crippen LogP contribution is 2.29. The van der Waals surface area contributed by atoms with Crippen molar-refractivity contribution in [1.82, 2.24) is 5.32 Å². The van der Waals surface area contributed by atoms with Crippen LogP contribution in [0.3, 0.4) is 0 Å². The highest BCUT2D eigenvalue weighted by Gasteiger charge is 2.16. The average Bonchev–Trinajstić information content (AvgIpc) is 2.81. The Kier molecular flexibility index (Phi) is 7.89. The SMILES string of the molecule is CCOc1cc(/C=C(\NC(=O)c2ccccc2)C(=O)Nc2ccc(Cl)cc2)ccc1OC. The highest BCUT2D eigenvalue weighted by atomic mass is 35.5. The van der Waals surface area contributed by atoms with Crippen molar-refractivity contribution in [3.8, 4) is 11.5 Å². The summed E-state index contributed by atoms with van der Waals surface area (Å²) in [6, 6.07) is 20.6. The molecule has 0 saturated heterocycles. The molecule has 6 nitrogen and oxygen atoms in total. The first kappa shape index (κ1) is 22.9. The standard InChI is InChI=1S/C25H23ClN2O4/c1-3-32-23-16-17(9-14-22(23)31-2)15-21(28-24(29)18-7-5-4-6-8-18)25(30)27-20-12-10-19(26)11-13-20/h4-16H,3H2,1-2H3,(H,27,30)(H,28,29)/b21-15-. The molecule has 0 aliphatic heterocycles. The number of carbonyl (C=O) groups excluding carboxylic acids is 2. The summed E-state index contributed by atoms with van der Waals surface area (Å²) >= 11 is 5.92. The van der Waals surface area contributed by atoms with Crippen LogP contribution < -0.4 is 20.1 Å². The van der Waals surface area contributed by atoms with Gasteiger partial charge in [0.1, 0.15) is 5.70 Å². The molecule has 0 saturated carbocycles. The summed E-state index contributed by atoms with van der Waals surface area (Å²) in [6.07, 6.45) is 1.58. The van der Waals surface area contributed by atoms with Crippen LogP contribution in [0.25, 0.3) is 6.08 Å². The number of hydrogen-bond donors (Lipinski definition) is 2. The molecule has 0 bridgehead atoms. The fraction of sp³-hybridized carbons (Fsp3) is 0.120. The summed E-state index contributed by atoms with van der Waals surface area (Å²) in [7, 11) is 1.55. The quantitative estimate of drug-likeness (QED) is 0.465. The van der Waals surface area contributed by atoms with Crippen LogP contribution in [0, 0.1) is 0 Å². The zero-order chi connectivity index (χ0) is 22.9. The minimum absolute atomic E-state index is 0.0708. The fourth-order valence-electron chi connectivity index (χ4n) is 2.89. The largest absolute Gasteiger partial charge is 0.493 e. The van der Waals surface area contributed by atoms with E-state index in [9.17, 15) is 9.59 Å². The molecule has 0 heterocycles. The van der Waals surface area contributed by atoms with E-state index >= 15 is 0 Å². The maximum absolute atomic E-state index is 13.0. The van der Waals surface area contributed by atoms with Crippen LogP contribution in [-0.4, -0.2) is 25.5 Å². The average molecular weight is 451 g/mol. The maximum Gasteiger partial charge on any atom is 0.272 e. The number of rotatable bonds is 8. The lowest BCUT2D eigenvalue weighted by Crippen LogP contribution is -2.30. The van der Waals surface area contributed by atoms with E-state index in [2.05, 4.69) is 10.6 Å². The normalized spacial score (nSPS) is 10.9. The molecule has 164 valence electrons. The van der Waals surface area contributed by atoms with Crippen molar-refractivity contribution < 1.29 is 19.1 Å². The number of ether oxygens (including phenoxy) is 2. The van der Waals surface area contributed by atoms with Gasteiger partial charge in [-0.15, -0.1) is 0 Å². The molecule has 0 spiro atoms. The Morgan fingerprint density at radius 1 is 0.969 bits per heavy atom. The molecule has 0 aliphatic carbocycles. The first-order valence-electron chi connectivity index (χ1n) is 9.96. The number of halogens is 1. The van der Waals surface area contributed by atoms with E-state index in [1.807, 2.05) is 13.0 Å². The summed E-state index contributed by atoms with van der Waals surface area (Å²) in [5.41, 5.74) is 1.71. The minimum Gasteiger partial charge on any atom is -0.493 e. The van der Waals surface area contributed by atoms with E-state index in [1.54, 1.807) is 79.9 Å². The van der Waals surface area contributed by atoms with Crippen LogP contribution in [-0.2, 0) is 4.79 Å². The Hall–Kier alpha value is -3.77. The minimum atomic E-state index is -0.481. The lowest BCUT2D eigenvalue weighted by Gasteiger charge is -2.13. The third kappa shape index (κ3) is 6.12. The molecule has 0 radical (unpaired) electrons. The number of nitrogens with one attached hydrogen (secondary N) is 2. The smallest absolute Gasteiger partial charge is 0.272 e. The molecule has 7 heteroatoms. The second-order valence-corrected chi connectivity index (χ2v) is 7.12. The lowest BCUT2D eigenvalue weighted by molar-refractivity contribution is -0.113. The second-order valence-electron chi connectivity index (χ2n) is 6.68. The topological polar surface area (TPSA) is 76.7 Å². The first-order chi connectivity index (χ1) is 15.5. The summed E-state index contributed by atoms with van der Waals surface area (Å²) in [5, 5.41) is 6.03. The molecule has 0 unspecified atom stereocenters. The molecular weight excluding hydrogens is 428 g/mol. The third-order valence-electron chi connectivity index (χ3n) is 4.43.